The predicted molar refractivity (Wildman–Crippen MR) is 80.1 cm³/mol. The highest BCUT2D eigenvalue weighted by molar-refractivity contribution is 6.01. The molecule has 2 aliphatic carbocycles. The number of fused-ring (bicyclic) bond motifs is 5. The number of aryl methyl sites for hydroxylation is 1. The third-order valence-electron chi connectivity index (χ3n) is 5.64. The molecular weight excluding hydrogens is 280 g/mol. The van der Waals surface area contributed by atoms with E-state index >= 15 is 0 Å². The lowest BCUT2D eigenvalue weighted by molar-refractivity contribution is -0.155. The highest BCUT2D eigenvalue weighted by Crippen LogP contribution is 2.56. The summed E-state index contributed by atoms with van der Waals surface area (Å²) in [6, 6.07) is 6.09. The number of esters is 2. The molecule has 0 saturated carbocycles. The molecule has 1 aliphatic heterocycles. The Morgan fingerprint density at radius 1 is 1.27 bits per heavy atom. The van der Waals surface area contributed by atoms with Crippen molar-refractivity contribution < 1.29 is 19.1 Å². The molecule has 0 unspecified atom stereocenters. The molecule has 0 radical (unpaired) electrons. The number of carbonyl (C=O) groups excluding carboxylic acids is 2. The van der Waals surface area contributed by atoms with Gasteiger partial charge in [0, 0.05) is 5.92 Å². The summed E-state index contributed by atoms with van der Waals surface area (Å²) >= 11 is 0. The number of hydrogen-bond acceptors (Lipinski definition) is 4. The van der Waals surface area contributed by atoms with Gasteiger partial charge in [-0.1, -0.05) is 12.1 Å². The van der Waals surface area contributed by atoms with E-state index in [-0.39, 0.29) is 23.8 Å². The van der Waals surface area contributed by atoms with Crippen LogP contribution in [0.4, 0.5) is 0 Å². The van der Waals surface area contributed by atoms with Gasteiger partial charge in [0.05, 0.1) is 18.4 Å². The van der Waals surface area contributed by atoms with Crippen LogP contribution in [0.25, 0.3) is 5.57 Å². The van der Waals surface area contributed by atoms with E-state index in [2.05, 4.69) is 18.2 Å². The molecule has 0 spiro atoms. The van der Waals surface area contributed by atoms with Crippen molar-refractivity contribution in [2.75, 3.05) is 7.11 Å². The Labute approximate surface area is 129 Å². The predicted octanol–water partition coefficient (Wildman–Crippen LogP) is 2.75. The zero-order chi connectivity index (χ0) is 15.5. The molecule has 4 heteroatoms. The summed E-state index contributed by atoms with van der Waals surface area (Å²) < 4.78 is 10.3. The van der Waals surface area contributed by atoms with Crippen molar-refractivity contribution in [2.24, 2.45) is 17.3 Å². The lowest BCUT2D eigenvalue weighted by Crippen LogP contribution is -2.42. The summed E-state index contributed by atoms with van der Waals surface area (Å²) in [6.45, 7) is 1.90. The average Bonchev–Trinajstić information content (AvgIpc) is 2.76. The number of benzene rings is 1. The quantitative estimate of drug-likeness (QED) is 0.591. The van der Waals surface area contributed by atoms with Crippen LogP contribution in [0, 0.1) is 17.3 Å². The summed E-state index contributed by atoms with van der Waals surface area (Å²) in [6.07, 6.45) is 4.46. The minimum atomic E-state index is -0.710. The number of cyclic esters (lactones) is 2. The molecule has 4 rings (SSSR count). The van der Waals surface area contributed by atoms with E-state index in [1.54, 1.807) is 7.11 Å². The lowest BCUT2D eigenvalue weighted by Gasteiger charge is -2.42. The Bertz CT molecular complexity index is 718. The normalized spacial score (nSPS) is 32.5. The molecular formula is C18H18O4. The van der Waals surface area contributed by atoms with Crippen LogP contribution in [0.5, 0.6) is 5.75 Å². The van der Waals surface area contributed by atoms with E-state index in [0.29, 0.717) is 6.42 Å². The van der Waals surface area contributed by atoms with Crippen molar-refractivity contribution in [3.05, 3.63) is 35.4 Å². The minimum Gasteiger partial charge on any atom is -0.497 e. The molecule has 1 aromatic carbocycles. The standard InChI is InChI=1S/C18H18O4/c1-18-14-7-3-10-9-11(21-2)4-5-12(10)13(14)6-8-15(18)16(19)22-17(18)20/h4-6,9,14-15H,3,7-8H2,1-2H3/t14-,15+,18+/m0/s1. The first-order valence-corrected chi connectivity index (χ1v) is 7.69. The monoisotopic (exact) mass is 298 g/mol. The van der Waals surface area contributed by atoms with E-state index < -0.39 is 5.41 Å². The second-order valence-corrected chi connectivity index (χ2v) is 6.55. The van der Waals surface area contributed by atoms with E-state index in [9.17, 15) is 9.59 Å². The van der Waals surface area contributed by atoms with Crippen molar-refractivity contribution in [3.63, 3.8) is 0 Å². The molecule has 0 bridgehead atoms. The van der Waals surface area contributed by atoms with Crippen molar-refractivity contribution in [1.29, 1.82) is 0 Å². The number of carbonyl (C=O) groups is 2. The maximum atomic E-state index is 12.3. The summed E-state index contributed by atoms with van der Waals surface area (Å²) in [7, 11) is 1.67. The van der Waals surface area contributed by atoms with Crippen LogP contribution in [0.15, 0.2) is 24.3 Å². The Morgan fingerprint density at radius 3 is 2.86 bits per heavy atom. The molecule has 114 valence electrons. The fourth-order valence-corrected chi connectivity index (χ4v) is 4.33. The Morgan fingerprint density at radius 2 is 2.09 bits per heavy atom. The van der Waals surface area contributed by atoms with Crippen LogP contribution < -0.4 is 4.74 Å². The SMILES string of the molecule is COc1ccc2c(c1)CC[C@H]1C2=CC[C@@H]2C(=O)OC(=O)[C@@]21C. The highest BCUT2D eigenvalue weighted by atomic mass is 16.6. The fraction of sp³-hybridized carbons (Fsp3) is 0.444. The second-order valence-electron chi connectivity index (χ2n) is 6.55. The maximum absolute atomic E-state index is 12.3. The number of methoxy groups -OCH3 is 1. The number of ether oxygens (including phenoxy) is 2. The third-order valence-corrected chi connectivity index (χ3v) is 5.64. The van der Waals surface area contributed by atoms with Gasteiger partial charge < -0.3 is 9.47 Å². The minimum absolute atomic E-state index is 0.0612. The molecule has 1 heterocycles. The first kappa shape index (κ1) is 13.6. The van der Waals surface area contributed by atoms with Gasteiger partial charge in [0.25, 0.3) is 0 Å². The fourth-order valence-electron chi connectivity index (χ4n) is 4.33. The van der Waals surface area contributed by atoms with Gasteiger partial charge in [0.1, 0.15) is 5.75 Å². The third kappa shape index (κ3) is 1.58. The molecule has 1 aromatic rings. The molecule has 0 N–H and O–H groups in total. The van der Waals surface area contributed by atoms with Gasteiger partial charge in [-0.25, -0.2) is 0 Å². The first-order valence-electron chi connectivity index (χ1n) is 7.69. The largest absolute Gasteiger partial charge is 0.497 e. The van der Waals surface area contributed by atoms with Crippen LogP contribution >= 0.6 is 0 Å². The van der Waals surface area contributed by atoms with Gasteiger partial charge in [0.15, 0.2) is 0 Å². The van der Waals surface area contributed by atoms with Gasteiger partial charge in [0.2, 0.25) is 0 Å². The van der Waals surface area contributed by atoms with Gasteiger partial charge in [-0.3, -0.25) is 9.59 Å². The van der Waals surface area contributed by atoms with Crippen molar-refractivity contribution >= 4 is 17.5 Å². The van der Waals surface area contributed by atoms with Crippen LogP contribution in [0.3, 0.4) is 0 Å². The molecule has 3 atom stereocenters. The zero-order valence-electron chi connectivity index (χ0n) is 12.7. The van der Waals surface area contributed by atoms with Crippen LogP contribution in [-0.2, 0) is 20.7 Å². The molecule has 4 nitrogen and oxygen atoms in total. The summed E-state index contributed by atoms with van der Waals surface area (Å²) in [5.41, 5.74) is 2.92. The maximum Gasteiger partial charge on any atom is 0.320 e. The number of allylic oxidation sites excluding steroid dienone is 2. The van der Waals surface area contributed by atoms with Crippen LogP contribution in [0.2, 0.25) is 0 Å². The summed E-state index contributed by atoms with van der Waals surface area (Å²) in [5.74, 6) is -0.119. The van der Waals surface area contributed by atoms with Crippen molar-refractivity contribution in [1.82, 2.24) is 0 Å². The molecule has 22 heavy (non-hydrogen) atoms. The Kier molecular flexibility index (Phi) is 2.74. The van der Waals surface area contributed by atoms with Gasteiger partial charge in [-0.15, -0.1) is 0 Å². The topological polar surface area (TPSA) is 52.6 Å². The Balaban J connectivity index is 1.82. The lowest BCUT2D eigenvalue weighted by atomic mass is 9.57. The smallest absolute Gasteiger partial charge is 0.320 e. The highest BCUT2D eigenvalue weighted by Gasteiger charge is 2.60. The van der Waals surface area contributed by atoms with E-state index in [4.69, 9.17) is 9.47 Å². The van der Waals surface area contributed by atoms with Gasteiger partial charge in [-0.05, 0) is 55.0 Å². The molecule has 0 amide bonds. The molecule has 1 saturated heterocycles. The van der Waals surface area contributed by atoms with E-state index in [1.807, 2.05) is 13.0 Å². The van der Waals surface area contributed by atoms with E-state index in [0.717, 1.165) is 18.6 Å². The van der Waals surface area contributed by atoms with Gasteiger partial charge >= 0.3 is 11.9 Å². The second kappa shape index (κ2) is 4.45. The first-order chi connectivity index (χ1) is 10.6. The molecule has 0 aromatic heterocycles. The van der Waals surface area contributed by atoms with Gasteiger partial charge in [-0.2, -0.15) is 0 Å². The summed E-state index contributed by atoms with van der Waals surface area (Å²) in [5, 5.41) is 0. The molecule has 1 fully saturated rings. The average molecular weight is 298 g/mol. The van der Waals surface area contributed by atoms with Crippen LogP contribution in [0.1, 0.15) is 30.9 Å². The van der Waals surface area contributed by atoms with E-state index in [1.165, 1.54) is 16.7 Å². The molecule has 3 aliphatic rings. The van der Waals surface area contributed by atoms with Crippen molar-refractivity contribution in [3.8, 4) is 5.75 Å². The van der Waals surface area contributed by atoms with Crippen LogP contribution in [-0.4, -0.2) is 19.0 Å². The Hall–Kier alpha value is -2.10. The number of rotatable bonds is 1. The number of hydrogen-bond donors (Lipinski definition) is 0. The van der Waals surface area contributed by atoms with Crippen molar-refractivity contribution in [2.45, 2.75) is 26.2 Å². The zero-order valence-corrected chi connectivity index (χ0v) is 12.7. The summed E-state index contributed by atoms with van der Waals surface area (Å²) in [4.78, 5) is 24.3.